The van der Waals surface area contributed by atoms with Crippen molar-refractivity contribution in [2.24, 2.45) is 5.73 Å². The van der Waals surface area contributed by atoms with Crippen molar-refractivity contribution in [3.8, 4) is 0 Å². The molecule has 1 aromatic rings. The Morgan fingerprint density at radius 3 is 2.47 bits per heavy atom. The number of β-amino-alcohol motifs (C(OH)–C–C–N with tert-alkyl or cyclic N) is 2. The van der Waals surface area contributed by atoms with Gasteiger partial charge in [0.05, 0.1) is 12.2 Å². The van der Waals surface area contributed by atoms with Crippen molar-refractivity contribution < 1.29 is 10.2 Å². The van der Waals surface area contributed by atoms with Gasteiger partial charge >= 0.3 is 0 Å². The zero-order chi connectivity index (χ0) is 12.4. The van der Waals surface area contributed by atoms with Gasteiger partial charge in [-0.1, -0.05) is 36.5 Å². The summed E-state index contributed by atoms with van der Waals surface area (Å²) in [6.45, 7) is 1.60. The Morgan fingerprint density at radius 1 is 1.29 bits per heavy atom. The summed E-state index contributed by atoms with van der Waals surface area (Å²) in [5, 5.41) is 19.0. The SMILES string of the molecule is NC(=S)c1ccccc1CN1CC(O)C(O)C1. The van der Waals surface area contributed by atoms with Crippen LogP contribution in [0.25, 0.3) is 0 Å². The Morgan fingerprint density at radius 2 is 1.88 bits per heavy atom. The van der Waals surface area contributed by atoms with Gasteiger partial charge in [0.2, 0.25) is 0 Å². The minimum absolute atomic E-state index is 0.376. The van der Waals surface area contributed by atoms with Crippen molar-refractivity contribution in [1.29, 1.82) is 0 Å². The van der Waals surface area contributed by atoms with E-state index in [0.29, 0.717) is 24.6 Å². The third-order valence-electron chi connectivity index (χ3n) is 3.01. The first kappa shape index (κ1) is 12.4. The van der Waals surface area contributed by atoms with E-state index in [4.69, 9.17) is 18.0 Å². The summed E-state index contributed by atoms with van der Waals surface area (Å²) in [7, 11) is 0. The number of thiocarbonyl (C=S) groups is 1. The summed E-state index contributed by atoms with van der Waals surface area (Å²) in [6.07, 6.45) is -1.32. The number of nitrogens with zero attached hydrogens (tertiary/aromatic N) is 1. The second-order valence-electron chi connectivity index (χ2n) is 4.35. The van der Waals surface area contributed by atoms with Crippen LogP contribution in [-0.4, -0.2) is 45.4 Å². The van der Waals surface area contributed by atoms with E-state index in [0.717, 1.165) is 11.1 Å². The molecule has 0 bridgehead atoms. The first-order valence-corrected chi connectivity index (χ1v) is 5.95. The molecule has 0 amide bonds. The number of rotatable bonds is 3. The lowest BCUT2D eigenvalue weighted by Crippen LogP contribution is -2.23. The molecule has 1 aliphatic rings. The highest BCUT2D eigenvalue weighted by molar-refractivity contribution is 7.80. The molecule has 2 rings (SSSR count). The molecule has 1 heterocycles. The van der Waals surface area contributed by atoms with Crippen molar-refractivity contribution in [1.82, 2.24) is 4.90 Å². The number of likely N-dealkylation sites (tertiary alicyclic amines) is 1. The Balaban J connectivity index is 2.11. The van der Waals surface area contributed by atoms with Gasteiger partial charge in [-0.15, -0.1) is 0 Å². The molecule has 0 radical (unpaired) electrons. The number of benzene rings is 1. The van der Waals surface area contributed by atoms with Crippen LogP contribution in [0.3, 0.4) is 0 Å². The van der Waals surface area contributed by atoms with Gasteiger partial charge in [-0.05, 0) is 5.56 Å². The Hall–Kier alpha value is -1.01. The second-order valence-corrected chi connectivity index (χ2v) is 4.79. The number of hydrogen-bond acceptors (Lipinski definition) is 4. The maximum Gasteiger partial charge on any atom is 0.104 e. The molecule has 4 N–H and O–H groups in total. The van der Waals surface area contributed by atoms with Gasteiger partial charge in [0.15, 0.2) is 0 Å². The van der Waals surface area contributed by atoms with E-state index in [2.05, 4.69) is 0 Å². The van der Waals surface area contributed by atoms with Gasteiger partial charge in [-0.25, -0.2) is 0 Å². The van der Waals surface area contributed by atoms with E-state index in [9.17, 15) is 10.2 Å². The van der Waals surface area contributed by atoms with E-state index < -0.39 is 12.2 Å². The lowest BCUT2D eigenvalue weighted by atomic mass is 10.1. The van der Waals surface area contributed by atoms with Gasteiger partial charge in [0.1, 0.15) is 4.99 Å². The average molecular weight is 252 g/mol. The fourth-order valence-electron chi connectivity index (χ4n) is 2.12. The minimum Gasteiger partial charge on any atom is -0.389 e. The number of aliphatic hydroxyl groups excluding tert-OH is 2. The average Bonchev–Trinajstić information content (AvgIpc) is 2.58. The van der Waals surface area contributed by atoms with Crippen molar-refractivity contribution in [2.45, 2.75) is 18.8 Å². The monoisotopic (exact) mass is 252 g/mol. The van der Waals surface area contributed by atoms with Crippen LogP contribution in [0.4, 0.5) is 0 Å². The molecule has 17 heavy (non-hydrogen) atoms. The highest BCUT2D eigenvalue weighted by Gasteiger charge is 2.29. The highest BCUT2D eigenvalue weighted by atomic mass is 32.1. The smallest absolute Gasteiger partial charge is 0.104 e. The van der Waals surface area contributed by atoms with Gasteiger partial charge in [-0.3, -0.25) is 4.90 Å². The maximum absolute atomic E-state index is 9.48. The van der Waals surface area contributed by atoms with E-state index in [-0.39, 0.29) is 0 Å². The normalized spacial score (nSPS) is 25.1. The molecule has 0 spiro atoms. The topological polar surface area (TPSA) is 69.7 Å². The van der Waals surface area contributed by atoms with Gasteiger partial charge in [0, 0.05) is 25.2 Å². The highest BCUT2D eigenvalue weighted by Crippen LogP contribution is 2.16. The second kappa shape index (κ2) is 5.10. The third-order valence-corrected chi connectivity index (χ3v) is 3.23. The van der Waals surface area contributed by atoms with Crippen molar-refractivity contribution in [2.75, 3.05) is 13.1 Å². The molecule has 4 nitrogen and oxygen atoms in total. The zero-order valence-corrected chi connectivity index (χ0v) is 10.2. The molecule has 1 aliphatic heterocycles. The lowest BCUT2D eigenvalue weighted by Gasteiger charge is -2.17. The quantitative estimate of drug-likeness (QED) is 0.653. The number of aliphatic hydroxyl groups is 2. The molecule has 1 saturated heterocycles. The van der Waals surface area contributed by atoms with Gasteiger partial charge in [-0.2, -0.15) is 0 Å². The first-order chi connectivity index (χ1) is 8.08. The number of hydrogen-bond donors (Lipinski definition) is 3. The molecule has 92 valence electrons. The van der Waals surface area contributed by atoms with Crippen molar-refractivity contribution in [3.05, 3.63) is 35.4 Å². The van der Waals surface area contributed by atoms with E-state index in [1.807, 2.05) is 29.2 Å². The third kappa shape index (κ3) is 2.81. The summed E-state index contributed by atoms with van der Waals surface area (Å²) in [4.78, 5) is 2.37. The first-order valence-electron chi connectivity index (χ1n) is 5.54. The van der Waals surface area contributed by atoms with E-state index >= 15 is 0 Å². The molecule has 0 aromatic heterocycles. The molecule has 0 aliphatic carbocycles. The molecular weight excluding hydrogens is 236 g/mol. The molecule has 1 fully saturated rings. The Kier molecular flexibility index (Phi) is 3.73. The fraction of sp³-hybridized carbons (Fsp3) is 0.417. The fourth-order valence-corrected chi connectivity index (χ4v) is 2.31. The Labute approximate surface area is 106 Å². The molecule has 0 saturated carbocycles. The van der Waals surface area contributed by atoms with Gasteiger partial charge in [0.25, 0.3) is 0 Å². The van der Waals surface area contributed by atoms with Crippen molar-refractivity contribution >= 4 is 17.2 Å². The van der Waals surface area contributed by atoms with Crippen LogP contribution in [0, 0.1) is 0 Å². The summed E-state index contributed by atoms with van der Waals surface area (Å²) < 4.78 is 0. The number of nitrogens with two attached hydrogens (primary N) is 1. The zero-order valence-electron chi connectivity index (χ0n) is 9.41. The van der Waals surface area contributed by atoms with Crippen molar-refractivity contribution in [3.63, 3.8) is 0 Å². The summed E-state index contributed by atoms with van der Waals surface area (Å²) in [5.41, 5.74) is 7.55. The predicted octanol–water partition coefficient (Wildman–Crippen LogP) is -0.142. The van der Waals surface area contributed by atoms with E-state index in [1.165, 1.54) is 0 Å². The van der Waals surface area contributed by atoms with Crippen LogP contribution in [0.2, 0.25) is 0 Å². The van der Waals surface area contributed by atoms with Crippen LogP contribution in [0.15, 0.2) is 24.3 Å². The lowest BCUT2D eigenvalue weighted by molar-refractivity contribution is 0.0572. The minimum atomic E-state index is -0.660. The predicted molar refractivity (Wildman–Crippen MR) is 69.6 cm³/mol. The van der Waals surface area contributed by atoms with Crippen LogP contribution < -0.4 is 5.73 Å². The molecule has 2 atom stereocenters. The summed E-state index contributed by atoms with van der Waals surface area (Å²) in [5.74, 6) is 0. The van der Waals surface area contributed by atoms with Crippen LogP contribution in [0.5, 0.6) is 0 Å². The Bertz CT molecular complexity index is 415. The molecule has 2 unspecified atom stereocenters. The molecular formula is C12H16N2O2S. The summed E-state index contributed by atoms with van der Waals surface area (Å²) >= 11 is 5.00. The van der Waals surface area contributed by atoms with Crippen LogP contribution >= 0.6 is 12.2 Å². The molecule has 5 heteroatoms. The van der Waals surface area contributed by atoms with Gasteiger partial charge < -0.3 is 15.9 Å². The molecule has 1 aromatic carbocycles. The maximum atomic E-state index is 9.48. The standard InChI is InChI=1S/C12H16N2O2S/c13-12(17)9-4-2-1-3-8(9)5-14-6-10(15)11(16)7-14/h1-4,10-11,15-16H,5-7H2,(H2,13,17). The largest absolute Gasteiger partial charge is 0.389 e. The van der Waals surface area contributed by atoms with E-state index in [1.54, 1.807) is 0 Å². The van der Waals surface area contributed by atoms with Crippen LogP contribution in [0.1, 0.15) is 11.1 Å². The van der Waals surface area contributed by atoms with Crippen LogP contribution in [-0.2, 0) is 6.54 Å². The summed E-state index contributed by atoms with van der Waals surface area (Å²) in [6, 6.07) is 7.68.